The van der Waals surface area contributed by atoms with Crippen molar-refractivity contribution in [3.8, 4) is 0 Å². The summed E-state index contributed by atoms with van der Waals surface area (Å²) in [6, 6.07) is 0. The molecule has 0 amide bonds. The van der Waals surface area contributed by atoms with E-state index in [1.165, 1.54) is 13.3 Å². The summed E-state index contributed by atoms with van der Waals surface area (Å²) in [5.41, 5.74) is 0. The molecule has 0 aromatic rings. The van der Waals surface area contributed by atoms with Crippen LogP contribution in [-0.4, -0.2) is 36.5 Å². The highest BCUT2D eigenvalue weighted by atomic mass is 16.6. The van der Waals surface area contributed by atoms with Crippen LogP contribution in [0.5, 0.6) is 0 Å². The SMILES string of the molecule is CCC(CC)COC(=O)C(C)O.CCC1CO1. The summed E-state index contributed by atoms with van der Waals surface area (Å²) in [6.45, 7) is 9.11. The molecule has 0 bridgehead atoms. The van der Waals surface area contributed by atoms with E-state index in [0.717, 1.165) is 19.4 Å². The van der Waals surface area contributed by atoms with E-state index in [4.69, 9.17) is 14.6 Å². The molecular formula is C13H26O4. The molecule has 0 spiro atoms. The van der Waals surface area contributed by atoms with Gasteiger partial charge in [-0.15, -0.1) is 0 Å². The molecule has 0 aromatic carbocycles. The zero-order valence-corrected chi connectivity index (χ0v) is 11.4. The van der Waals surface area contributed by atoms with Crippen molar-refractivity contribution in [3.63, 3.8) is 0 Å². The lowest BCUT2D eigenvalue weighted by Gasteiger charge is -2.13. The second-order valence-electron chi connectivity index (χ2n) is 4.35. The molecule has 1 fully saturated rings. The molecule has 0 saturated carbocycles. The molecule has 102 valence electrons. The van der Waals surface area contributed by atoms with Gasteiger partial charge in [-0.1, -0.05) is 33.6 Å². The van der Waals surface area contributed by atoms with Gasteiger partial charge in [0, 0.05) is 0 Å². The number of hydrogen-bond donors (Lipinski definition) is 1. The van der Waals surface area contributed by atoms with Crippen molar-refractivity contribution in [2.24, 2.45) is 5.92 Å². The van der Waals surface area contributed by atoms with Crippen LogP contribution in [0.15, 0.2) is 0 Å². The molecule has 17 heavy (non-hydrogen) atoms. The van der Waals surface area contributed by atoms with Crippen LogP contribution in [0.3, 0.4) is 0 Å². The monoisotopic (exact) mass is 246 g/mol. The molecule has 4 nitrogen and oxygen atoms in total. The van der Waals surface area contributed by atoms with Crippen molar-refractivity contribution < 1.29 is 19.4 Å². The first-order valence-corrected chi connectivity index (χ1v) is 6.51. The predicted octanol–water partition coefficient (Wildman–Crippen LogP) is 2.14. The van der Waals surface area contributed by atoms with Crippen LogP contribution in [0.2, 0.25) is 0 Å². The highest BCUT2D eigenvalue weighted by Crippen LogP contribution is 2.11. The van der Waals surface area contributed by atoms with Gasteiger partial charge < -0.3 is 14.6 Å². The van der Waals surface area contributed by atoms with Crippen molar-refractivity contribution >= 4 is 5.97 Å². The number of carbonyl (C=O) groups is 1. The molecule has 2 unspecified atom stereocenters. The number of aliphatic hydroxyl groups is 1. The third-order valence-corrected chi connectivity index (χ3v) is 2.81. The van der Waals surface area contributed by atoms with E-state index < -0.39 is 12.1 Å². The van der Waals surface area contributed by atoms with E-state index in [1.807, 2.05) is 0 Å². The fourth-order valence-corrected chi connectivity index (χ4v) is 1.15. The quantitative estimate of drug-likeness (QED) is 0.576. The Morgan fingerprint density at radius 3 is 2.18 bits per heavy atom. The van der Waals surface area contributed by atoms with Crippen molar-refractivity contribution in [2.75, 3.05) is 13.2 Å². The molecule has 1 aliphatic heterocycles. The molecule has 2 atom stereocenters. The average Bonchev–Trinajstić information content (AvgIpc) is 3.14. The molecule has 1 N–H and O–H groups in total. The molecule has 1 rings (SSSR count). The minimum absolute atomic E-state index is 0.424. The summed E-state index contributed by atoms with van der Waals surface area (Å²) in [5, 5.41) is 8.80. The van der Waals surface area contributed by atoms with Gasteiger partial charge in [-0.05, 0) is 19.3 Å². The lowest BCUT2D eigenvalue weighted by Crippen LogP contribution is -2.22. The molecular weight excluding hydrogens is 220 g/mol. The van der Waals surface area contributed by atoms with Crippen LogP contribution >= 0.6 is 0 Å². The van der Waals surface area contributed by atoms with Gasteiger partial charge in [0.1, 0.15) is 6.10 Å². The van der Waals surface area contributed by atoms with E-state index in [-0.39, 0.29) is 0 Å². The number of esters is 1. The summed E-state index contributed by atoms with van der Waals surface area (Å²) >= 11 is 0. The van der Waals surface area contributed by atoms with Crippen LogP contribution in [0.4, 0.5) is 0 Å². The Balaban J connectivity index is 0.000000419. The third-order valence-electron chi connectivity index (χ3n) is 2.81. The van der Waals surface area contributed by atoms with Crippen molar-refractivity contribution in [2.45, 2.75) is 59.2 Å². The summed E-state index contributed by atoms with van der Waals surface area (Å²) in [6.07, 6.45) is 2.84. The highest BCUT2D eigenvalue weighted by Gasteiger charge is 2.18. The Bertz CT molecular complexity index is 196. The van der Waals surface area contributed by atoms with E-state index in [1.54, 1.807) is 0 Å². The molecule has 0 aliphatic carbocycles. The average molecular weight is 246 g/mol. The van der Waals surface area contributed by atoms with Crippen LogP contribution in [0.1, 0.15) is 47.0 Å². The predicted molar refractivity (Wildman–Crippen MR) is 66.7 cm³/mol. The summed E-state index contributed by atoms with van der Waals surface area (Å²) in [4.78, 5) is 10.8. The number of aliphatic hydroxyl groups excluding tert-OH is 1. The Hall–Kier alpha value is -0.610. The lowest BCUT2D eigenvalue weighted by molar-refractivity contribution is -0.153. The van der Waals surface area contributed by atoms with E-state index in [9.17, 15) is 4.79 Å². The Morgan fingerprint density at radius 2 is 1.94 bits per heavy atom. The standard InChI is InChI=1S/C9H18O3.C4H8O/c1-4-8(5-2)6-12-9(11)7(3)10;1-2-4-3-5-4/h7-8,10H,4-6H2,1-3H3;4H,2-3H2,1H3. The van der Waals surface area contributed by atoms with Crippen molar-refractivity contribution in [1.82, 2.24) is 0 Å². The van der Waals surface area contributed by atoms with E-state index in [0.29, 0.717) is 18.6 Å². The Morgan fingerprint density at radius 1 is 1.41 bits per heavy atom. The zero-order valence-electron chi connectivity index (χ0n) is 11.4. The fourth-order valence-electron chi connectivity index (χ4n) is 1.15. The van der Waals surface area contributed by atoms with Gasteiger partial charge in [0.25, 0.3) is 0 Å². The molecule has 1 heterocycles. The largest absolute Gasteiger partial charge is 0.463 e. The maximum absolute atomic E-state index is 10.8. The van der Waals surface area contributed by atoms with E-state index >= 15 is 0 Å². The van der Waals surface area contributed by atoms with Gasteiger partial charge in [-0.25, -0.2) is 4.79 Å². The molecule has 0 radical (unpaired) electrons. The number of carbonyl (C=O) groups excluding carboxylic acids is 1. The topological polar surface area (TPSA) is 59.1 Å². The second-order valence-corrected chi connectivity index (χ2v) is 4.35. The summed E-state index contributed by atoms with van der Waals surface area (Å²) in [5.74, 6) is -0.102. The normalized spacial score (nSPS) is 19.3. The molecule has 0 aromatic heterocycles. The number of hydrogen-bond acceptors (Lipinski definition) is 4. The minimum atomic E-state index is -1.00. The highest BCUT2D eigenvalue weighted by molar-refractivity contribution is 5.73. The van der Waals surface area contributed by atoms with Gasteiger partial charge in [-0.3, -0.25) is 0 Å². The van der Waals surface area contributed by atoms with Gasteiger partial charge in [0.15, 0.2) is 0 Å². The van der Waals surface area contributed by atoms with Crippen LogP contribution in [-0.2, 0) is 14.3 Å². The molecule has 4 heteroatoms. The number of ether oxygens (including phenoxy) is 2. The first-order chi connectivity index (χ1) is 8.04. The Kier molecular flexibility index (Phi) is 9.09. The summed E-state index contributed by atoms with van der Waals surface area (Å²) < 4.78 is 9.72. The van der Waals surface area contributed by atoms with Gasteiger partial charge in [-0.2, -0.15) is 0 Å². The first-order valence-electron chi connectivity index (χ1n) is 6.51. The second kappa shape index (κ2) is 9.42. The maximum Gasteiger partial charge on any atom is 0.334 e. The molecule has 1 aliphatic rings. The maximum atomic E-state index is 10.8. The minimum Gasteiger partial charge on any atom is -0.463 e. The Labute approximate surface area is 104 Å². The van der Waals surface area contributed by atoms with Gasteiger partial charge in [0.2, 0.25) is 0 Å². The van der Waals surface area contributed by atoms with Gasteiger partial charge >= 0.3 is 5.97 Å². The third kappa shape index (κ3) is 9.12. The number of rotatable bonds is 6. The van der Waals surface area contributed by atoms with Crippen LogP contribution in [0.25, 0.3) is 0 Å². The lowest BCUT2D eigenvalue weighted by atomic mass is 10.1. The van der Waals surface area contributed by atoms with Crippen molar-refractivity contribution in [3.05, 3.63) is 0 Å². The van der Waals surface area contributed by atoms with Gasteiger partial charge in [0.05, 0.1) is 19.3 Å². The zero-order chi connectivity index (χ0) is 13.3. The number of epoxide rings is 1. The summed E-state index contributed by atoms with van der Waals surface area (Å²) in [7, 11) is 0. The van der Waals surface area contributed by atoms with Crippen LogP contribution in [0, 0.1) is 5.92 Å². The van der Waals surface area contributed by atoms with Crippen LogP contribution < -0.4 is 0 Å². The van der Waals surface area contributed by atoms with Crippen molar-refractivity contribution in [1.29, 1.82) is 0 Å². The van der Waals surface area contributed by atoms with E-state index in [2.05, 4.69) is 20.8 Å². The first kappa shape index (κ1) is 16.4. The molecule has 1 saturated heterocycles. The fraction of sp³-hybridized carbons (Fsp3) is 0.923. The smallest absolute Gasteiger partial charge is 0.334 e.